The van der Waals surface area contributed by atoms with Gasteiger partial charge in [0.15, 0.2) is 0 Å². The number of halogens is 2. The lowest BCUT2D eigenvalue weighted by atomic mass is 9.72. The van der Waals surface area contributed by atoms with Gasteiger partial charge in [-0.25, -0.2) is 4.39 Å². The minimum absolute atomic E-state index is 0.165. The Balaban J connectivity index is 2.23. The van der Waals surface area contributed by atoms with Gasteiger partial charge < -0.3 is 5.32 Å². The van der Waals surface area contributed by atoms with Crippen molar-refractivity contribution in [1.82, 2.24) is 5.32 Å². The van der Waals surface area contributed by atoms with Gasteiger partial charge in [0.1, 0.15) is 5.82 Å². The zero-order valence-electron chi connectivity index (χ0n) is 11.9. The largest absolute Gasteiger partial charge is 0.313 e. The van der Waals surface area contributed by atoms with Crippen LogP contribution in [0.5, 0.6) is 0 Å². The Morgan fingerprint density at radius 3 is 2.32 bits per heavy atom. The highest BCUT2D eigenvalue weighted by Crippen LogP contribution is 2.40. The van der Waals surface area contributed by atoms with Gasteiger partial charge in [0.2, 0.25) is 0 Å². The van der Waals surface area contributed by atoms with E-state index in [-0.39, 0.29) is 11.9 Å². The Bertz CT molecular complexity index is 405. The van der Waals surface area contributed by atoms with Crippen molar-refractivity contribution in [3.05, 3.63) is 34.1 Å². The maximum atomic E-state index is 13.6. The van der Waals surface area contributed by atoms with Crippen LogP contribution in [0.1, 0.15) is 44.7 Å². The molecule has 106 valence electrons. The molecule has 1 aromatic carbocycles. The molecule has 0 amide bonds. The minimum Gasteiger partial charge on any atom is -0.313 e. The lowest BCUT2D eigenvalue weighted by Gasteiger charge is -2.36. The van der Waals surface area contributed by atoms with Crippen LogP contribution in [0, 0.1) is 23.6 Å². The van der Waals surface area contributed by atoms with Crippen LogP contribution in [0.3, 0.4) is 0 Å². The van der Waals surface area contributed by atoms with Crippen molar-refractivity contribution in [2.45, 2.75) is 39.2 Å². The quantitative estimate of drug-likeness (QED) is 0.830. The van der Waals surface area contributed by atoms with Gasteiger partial charge in [0.05, 0.1) is 0 Å². The van der Waals surface area contributed by atoms with E-state index in [1.165, 1.54) is 25.3 Å². The molecule has 1 aromatic rings. The van der Waals surface area contributed by atoms with Gasteiger partial charge in [-0.3, -0.25) is 0 Å². The van der Waals surface area contributed by atoms with Crippen LogP contribution in [0.15, 0.2) is 22.7 Å². The Labute approximate surface area is 124 Å². The van der Waals surface area contributed by atoms with Crippen molar-refractivity contribution < 1.29 is 4.39 Å². The van der Waals surface area contributed by atoms with Gasteiger partial charge in [-0.2, -0.15) is 0 Å². The first kappa shape index (κ1) is 15.0. The zero-order valence-corrected chi connectivity index (χ0v) is 13.5. The summed E-state index contributed by atoms with van der Waals surface area (Å²) in [5.41, 5.74) is 1.06. The van der Waals surface area contributed by atoms with E-state index in [1.807, 2.05) is 13.1 Å². The SMILES string of the molecule is CNC(c1cc(F)cc(Br)c1)C1CC(C)CC(C)C1. The molecule has 1 aliphatic carbocycles. The number of benzene rings is 1. The third-order valence-corrected chi connectivity index (χ3v) is 4.70. The fraction of sp³-hybridized carbons (Fsp3) is 0.625. The molecule has 0 aromatic heterocycles. The number of hydrogen-bond donors (Lipinski definition) is 1. The van der Waals surface area contributed by atoms with E-state index in [9.17, 15) is 4.39 Å². The number of rotatable bonds is 3. The van der Waals surface area contributed by atoms with Crippen molar-refractivity contribution in [2.75, 3.05) is 7.05 Å². The first-order chi connectivity index (χ1) is 8.99. The molecule has 0 spiro atoms. The molecule has 0 aliphatic heterocycles. The summed E-state index contributed by atoms with van der Waals surface area (Å²) in [7, 11) is 1.98. The molecule has 3 heteroatoms. The second-order valence-corrected chi connectivity index (χ2v) is 7.06. The fourth-order valence-corrected chi connectivity index (χ4v) is 4.19. The number of hydrogen-bond acceptors (Lipinski definition) is 1. The van der Waals surface area contributed by atoms with Gasteiger partial charge in [-0.15, -0.1) is 0 Å². The van der Waals surface area contributed by atoms with Crippen LogP contribution in [0.25, 0.3) is 0 Å². The Morgan fingerprint density at radius 1 is 1.16 bits per heavy atom. The molecule has 1 aliphatic rings. The van der Waals surface area contributed by atoms with E-state index in [0.717, 1.165) is 21.9 Å². The summed E-state index contributed by atoms with van der Waals surface area (Å²) in [6.45, 7) is 4.66. The molecule has 1 saturated carbocycles. The van der Waals surface area contributed by atoms with Crippen LogP contribution in [0.4, 0.5) is 4.39 Å². The topological polar surface area (TPSA) is 12.0 Å². The van der Waals surface area contributed by atoms with Gasteiger partial charge in [-0.05, 0) is 67.8 Å². The maximum absolute atomic E-state index is 13.6. The fourth-order valence-electron chi connectivity index (χ4n) is 3.71. The number of nitrogens with one attached hydrogen (secondary N) is 1. The van der Waals surface area contributed by atoms with Crippen molar-refractivity contribution in [3.63, 3.8) is 0 Å². The van der Waals surface area contributed by atoms with E-state index in [4.69, 9.17) is 0 Å². The lowest BCUT2D eigenvalue weighted by molar-refractivity contribution is 0.180. The molecule has 3 unspecified atom stereocenters. The van der Waals surface area contributed by atoms with Crippen LogP contribution in [0.2, 0.25) is 0 Å². The molecule has 0 bridgehead atoms. The normalized spacial score (nSPS) is 29.2. The first-order valence-electron chi connectivity index (χ1n) is 7.12. The van der Waals surface area contributed by atoms with Gasteiger partial charge >= 0.3 is 0 Å². The maximum Gasteiger partial charge on any atom is 0.124 e. The minimum atomic E-state index is -0.165. The van der Waals surface area contributed by atoms with Gasteiger partial charge in [0, 0.05) is 10.5 Å². The lowest BCUT2D eigenvalue weighted by Crippen LogP contribution is -2.31. The molecular formula is C16H23BrFN. The molecule has 1 nitrogen and oxygen atoms in total. The summed E-state index contributed by atoms with van der Waals surface area (Å²) in [5, 5.41) is 3.40. The second kappa shape index (κ2) is 6.36. The van der Waals surface area contributed by atoms with Crippen LogP contribution >= 0.6 is 15.9 Å². The third-order valence-electron chi connectivity index (χ3n) is 4.24. The van der Waals surface area contributed by atoms with Crippen molar-refractivity contribution in [2.24, 2.45) is 17.8 Å². The monoisotopic (exact) mass is 327 g/mol. The standard InChI is InChI=1S/C16H23BrFN/c1-10-4-11(2)6-12(5-10)16(19-3)13-7-14(17)9-15(18)8-13/h7-12,16,19H,4-6H2,1-3H3. The molecule has 0 saturated heterocycles. The Kier molecular flexibility index (Phi) is 5.02. The molecule has 1 fully saturated rings. The summed E-state index contributed by atoms with van der Waals surface area (Å²) < 4.78 is 14.4. The van der Waals surface area contributed by atoms with Crippen molar-refractivity contribution >= 4 is 15.9 Å². The molecular weight excluding hydrogens is 305 g/mol. The first-order valence-corrected chi connectivity index (χ1v) is 7.92. The van der Waals surface area contributed by atoms with Crippen molar-refractivity contribution in [1.29, 1.82) is 0 Å². The molecule has 2 rings (SSSR count). The predicted molar refractivity (Wildman–Crippen MR) is 81.6 cm³/mol. The highest BCUT2D eigenvalue weighted by molar-refractivity contribution is 9.10. The molecule has 0 heterocycles. The summed E-state index contributed by atoms with van der Waals surface area (Å²) in [5.74, 6) is 1.96. The van der Waals surface area contributed by atoms with Gasteiger partial charge in [-0.1, -0.05) is 29.8 Å². The molecule has 0 radical (unpaired) electrons. The molecule has 1 N–H and O–H groups in total. The average Bonchev–Trinajstić information content (AvgIpc) is 2.27. The van der Waals surface area contributed by atoms with Gasteiger partial charge in [0.25, 0.3) is 0 Å². The highest BCUT2D eigenvalue weighted by Gasteiger charge is 2.30. The highest BCUT2D eigenvalue weighted by atomic mass is 79.9. The Hall–Kier alpha value is -0.410. The van der Waals surface area contributed by atoms with Crippen LogP contribution in [-0.4, -0.2) is 7.05 Å². The molecule has 19 heavy (non-hydrogen) atoms. The van der Waals surface area contributed by atoms with E-state index in [0.29, 0.717) is 5.92 Å². The van der Waals surface area contributed by atoms with Crippen LogP contribution < -0.4 is 5.32 Å². The summed E-state index contributed by atoms with van der Waals surface area (Å²) in [6.07, 6.45) is 3.77. The smallest absolute Gasteiger partial charge is 0.124 e. The summed E-state index contributed by atoms with van der Waals surface area (Å²) in [4.78, 5) is 0. The third kappa shape index (κ3) is 3.79. The second-order valence-electron chi connectivity index (χ2n) is 6.15. The zero-order chi connectivity index (χ0) is 14.0. The van der Waals surface area contributed by atoms with Crippen molar-refractivity contribution in [3.8, 4) is 0 Å². The van der Waals surface area contributed by atoms with E-state index in [2.05, 4.69) is 35.1 Å². The van der Waals surface area contributed by atoms with E-state index in [1.54, 1.807) is 6.07 Å². The summed E-state index contributed by atoms with van der Waals surface area (Å²) in [6, 6.07) is 5.46. The van der Waals surface area contributed by atoms with E-state index < -0.39 is 0 Å². The molecule has 3 atom stereocenters. The summed E-state index contributed by atoms with van der Waals surface area (Å²) >= 11 is 3.39. The average molecular weight is 328 g/mol. The Morgan fingerprint density at radius 2 is 1.79 bits per heavy atom. The van der Waals surface area contributed by atoms with E-state index >= 15 is 0 Å². The van der Waals surface area contributed by atoms with Crippen LogP contribution in [-0.2, 0) is 0 Å². The predicted octanol–water partition coefficient (Wildman–Crippen LogP) is 4.92.